The minimum atomic E-state index is -2.77. The van der Waals surface area contributed by atoms with E-state index in [1.54, 1.807) is 0 Å². The van der Waals surface area contributed by atoms with E-state index in [1.165, 1.54) is 0 Å². The van der Waals surface area contributed by atoms with Crippen LogP contribution in [-0.4, -0.2) is 30.0 Å². The van der Waals surface area contributed by atoms with Crippen molar-refractivity contribution in [3.63, 3.8) is 0 Å². The van der Waals surface area contributed by atoms with Crippen molar-refractivity contribution in [1.29, 1.82) is 0 Å². The molecule has 1 aromatic carbocycles. The van der Waals surface area contributed by atoms with E-state index in [9.17, 15) is 13.6 Å². The van der Waals surface area contributed by atoms with Crippen LogP contribution in [0.1, 0.15) is 18.4 Å². The summed E-state index contributed by atoms with van der Waals surface area (Å²) in [5.74, 6) is -3.38. The second-order valence-electron chi connectivity index (χ2n) is 5.63. The van der Waals surface area contributed by atoms with Crippen molar-refractivity contribution in [1.82, 2.24) is 4.90 Å². The van der Waals surface area contributed by atoms with E-state index >= 15 is 0 Å². The average Bonchev–Trinajstić information content (AvgIpc) is 3.21. The Balaban J connectivity index is 1.55. The summed E-state index contributed by atoms with van der Waals surface area (Å²) in [5, 5.41) is 0. The second-order valence-corrected chi connectivity index (χ2v) is 5.63. The predicted molar refractivity (Wildman–Crippen MR) is 69.4 cm³/mol. The molecule has 1 saturated carbocycles. The fraction of sp³-hybridized carbons (Fsp3) is 0.533. The maximum Gasteiger partial charge on any atom is 0.410 e. The lowest BCUT2D eigenvalue weighted by Gasteiger charge is -2.15. The highest BCUT2D eigenvalue weighted by Crippen LogP contribution is 2.48. The molecule has 3 rings (SSSR count). The molecule has 1 aromatic rings. The molecule has 1 atom stereocenters. The number of carbonyl (C=O) groups excluding carboxylic acids is 1. The molecular formula is C15H17F2NO2. The van der Waals surface area contributed by atoms with Crippen LogP contribution in [0.3, 0.4) is 0 Å². The maximum absolute atomic E-state index is 13.8. The van der Waals surface area contributed by atoms with E-state index in [4.69, 9.17) is 4.74 Å². The highest BCUT2D eigenvalue weighted by atomic mass is 19.3. The van der Waals surface area contributed by atoms with Crippen molar-refractivity contribution in [3.8, 4) is 0 Å². The monoisotopic (exact) mass is 281 g/mol. The molecule has 0 N–H and O–H groups in total. The van der Waals surface area contributed by atoms with Crippen LogP contribution in [0.25, 0.3) is 0 Å². The Morgan fingerprint density at radius 2 is 2.00 bits per heavy atom. The molecule has 0 spiro atoms. The molecule has 0 aromatic heterocycles. The third-order valence-electron chi connectivity index (χ3n) is 4.02. The van der Waals surface area contributed by atoms with Gasteiger partial charge < -0.3 is 9.64 Å². The van der Waals surface area contributed by atoms with E-state index in [2.05, 4.69) is 0 Å². The van der Waals surface area contributed by atoms with Crippen LogP contribution < -0.4 is 0 Å². The number of hydrogen-bond acceptors (Lipinski definition) is 2. The summed E-state index contributed by atoms with van der Waals surface area (Å²) in [7, 11) is 0. The lowest BCUT2D eigenvalue weighted by molar-refractivity contribution is -0.0339. The van der Waals surface area contributed by atoms with Gasteiger partial charge in [0.1, 0.15) is 6.61 Å². The van der Waals surface area contributed by atoms with Crippen molar-refractivity contribution in [2.75, 3.05) is 13.1 Å². The van der Waals surface area contributed by atoms with Gasteiger partial charge in [0.25, 0.3) is 5.92 Å². The molecule has 5 heteroatoms. The summed E-state index contributed by atoms with van der Waals surface area (Å²) in [6.45, 7) is -0.275. The summed E-state index contributed by atoms with van der Waals surface area (Å²) < 4.78 is 32.8. The summed E-state index contributed by atoms with van der Waals surface area (Å²) >= 11 is 0. The Morgan fingerprint density at radius 3 is 2.65 bits per heavy atom. The number of hydrogen-bond donors (Lipinski definition) is 0. The smallest absolute Gasteiger partial charge is 0.410 e. The summed E-state index contributed by atoms with van der Waals surface area (Å²) in [4.78, 5) is 13.0. The quantitative estimate of drug-likeness (QED) is 0.850. The highest BCUT2D eigenvalue weighted by molar-refractivity contribution is 5.68. The van der Waals surface area contributed by atoms with E-state index in [-0.39, 0.29) is 19.1 Å². The predicted octanol–water partition coefficient (Wildman–Crippen LogP) is 3.30. The molecule has 1 aliphatic heterocycles. The van der Waals surface area contributed by atoms with Crippen LogP contribution in [0.4, 0.5) is 13.6 Å². The molecule has 0 bridgehead atoms. The lowest BCUT2D eigenvalue weighted by Crippen LogP contribution is -2.32. The molecule has 1 heterocycles. The SMILES string of the molecule is O=C(OCc1ccccc1)N1C[C@H](C2CC2)C(F)(F)C1. The van der Waals surface area contributed by atoms with E-state index < -0.39 is 24.5 Å². The van der Waals surface area contributed by atoms with Gasteiger partial charge in [0.15, 0.2) is 0 Å². The number of amides is 1. The Labute approximate surface area is 116 Å². The van der Waals surface area contributed by atoms with Gasteiger partial charge in [-0.25, -0.2) is 13.6 Å². The van der Waals surface area contributed by atoms with Crippen LogP contribution >= 0.6 is 0 Å². The summed E-state index contributed by atoms with van der Waals surface area (Å²) in [5.41, 5.74) is 0.852. The number of halogens is 2. The highest BCUT2D eigenvalue weighted by Gasteiger charge is 2.55. The van der Waals surface area contributed by atoms with Crippen molar-refractivity contribution in [2.45, 2.75) is 25.4 Å². The molecule has 1 saturated heterocycles. The molecule has 2 aliphatic rings. The first-order valence-electron chi connectivity index (χ1n) is 6.90. The third kappa shape index (κ3) is 2.76. The largest absolute Gasteiger partial charge is 0.445 e. The number of nitrogens with zero attached hydrogens (tertiary/aromatic N) is 1. The Hall–Kier alpha value is -1.65. The minimum absolute atomic E-state index is 0.0805. The number of rotatable bonds is 3. The van der Waals surface area contributed by atoms with Gasteiger partial charge >= 0.3 is 6.09 Å². The number of ether oxygens (including phenoxy) is 1. The molecule has 0 radical (unpaired) electrons. The maximum atomic E-state index is 13.8. The number of alkyl halides is 2. The fourth-order valence-electron chi connectivity index (χ4n) is 2.75. The normalized spacial score (nSPS) is 24.7. The zero-order valence-corrected chi connectivity index (χ0v) is 11.1. The first kappa shape index (κ1) is 13.3. The molecule has 0 unspecified atom stereocenters. The second kappa shape index (κ2) is 5.04. The standard InChI is InChI=1S/C15H17F2NO2/c16-15(17)10-18(8-13(15)12-6-7-12)14(19)20-9-11-4-2-1-3-5-11/h1-5,12-13H,6-10H2/t13-/m1/s1. The van der Waals surface area contributed by atoms with Gasteiger partial charge in [-0.15, -0.1) is 0 Å². The average molecular weight is 281 g/mol. The number of carbonyl (C=O) groups is 1. The van der Waals surface area contributed by atoms with Crippen LogP contribution in [0.2, 0.25) is 0 Å². The number of benzene rings is 1. The van der Waals surface area contributed by atoms with Crippen LogP contribution in [0.15, 0.2) is 30.3 Å². The molecule has 1 aliphatic carbocycles. The molecule has 3 nitrogen and oxygen atoms in total. The zero-order valence-electron chi connectivity index (χ0n) is 11.1. The molecule has 1 amide bonds. The topological polar surface area (TPSA) is 29.5 Å². The molecule has 108 valence electrons. The Kier molecular flexibility index (Phi) is 3.36. The first-order chi connectivity index (χ1) is 9.56. The minimum Gasteiger partial charge on any atom is -0.445 e. The molecule has 2 fully saturated rings. The van der Waals surface area contributed by atoms with Crippen molar-refractivity contribution < 1.29 is 18.3 Å². The van der Waals surface area contributed by atoms with Crippen LogP contribution in [0, 0.1) is 11.8 Å². The van der Waals surface area contributed by atoms with Crippen molar-refractivity contribution in [2.24, 2.45) is 11.8 Å². The van der Waals surface area contributed by atoms with E-state index in [0.717, 1.165) is 23.3 Å². The van der Waals surface area contributed by atoms with Gasteiger partial charge in [-0.05, 0) is 24.3 Å². The number of likely N-dealkylation sites (tertiary alicyclic amines) is 1. The first-order valence-corrected chi connectivity index (χ1v) is 6.90. The lowest BCUT2D eigenvalue weighted by atomic mass is 10.00. The van der Waals surface area contributed by atoms with E-state index in [1.807, 2.05) is 30.3 Å². The van der Waals surface area contributed by atoms with Gasteiger partial charge in [-0.1, -0.05) is 30.3 Å². The van der Waals surface area contributed by atoms with Gasteiger partial charge in [-0.3, -0.25) is 0 Å². The molecular weight excluding hydrogens is 264 g/mol. The summed E-state index contributed by atoms with van der Waals surface area (Å²) in [6, 6.07) is 9.22. The molecule has 20 heavy (non-hydrogen) atoms. The fourth-order valence-corrected chi connectivity index (χ4v) is 2.75. The van der Waals surface area contributed by atoms with E-state index in [0.29, 0.717) is 0 Å². The van der Waals surface area contributed by atoms with Crippen molar-refractivity contribution >= 4 is 6.09 Å². The van der Waals surface area contributed by atoms with Crippen LogP contribution in [0.5, 0.6) is 0 Å². The Morgan fingerprint density at radius 1 is 1.30 bits per heavy atom. The van der Waals surface area contributed by atoms with Gasteiger partial charge in [-0.2, -0.15) is 0 Å². The van der Waals surface area contributed by atoms with Crippen molar-refractivity contribution in [3.05, 3.63) is 35.9 Å². The third-order valence-corrected chi connectivity index (χ3v) is 4.02. The summed E-state index contributed by atoms with van der Waals surface area (Å²) in [6.07, 6.45) is 1.07. The zero-order chi connectivity index (χ0) is 14.2. The Bertz CT molecular complexity index is 488. The van der Waals surface area contributed by atoms with Crippen LogP contribution in [-0.2, 0) is 11.3 Å². The van der Waals surface area contributed by atoms with Gasteiger partial charge in [0.2, 0.25) is 0 Å². The van der Waals surface area contributed by atoms with Gasteiger partial charge in [0, 0.05) is 12.5 Å². The van der Waals surface area contributed by atoms with Gasteiger partial charge in [0.05, 0.1) is 6.54 Å².